The molecule has 2 fully saturated rings. The third kappa shape index (κ3) is 1.25. The molecule has 0 aromatic rings. The molecule has 0 aliphatic carbocycles. The number of rotatable bonds is 0. The minimum absolute atomic E-state index is 0.0174. The summed E-state index contributed by atoms with van der Waals surface area (Å²) < 4.78 is 0. The van der Waals surface area contributed by atoms with E-state index in [0.717, 1.165) is 13.1 Å². The number of carbonyl (C=O) groups is 1. The van der Waals surface area contributed by atoms with Gasteiger partial charge in [0.15, 0.2) is 0 Å². The van der Waals surface area contributed by atoms with Gasteiger partial charge in [0.05, 0.1) is 5.66 Å². The Morgan fingerprint density at radius 1 is 1.54 bits per heavy atom. The first-order valence-corrected chi connectivity index (χ1v) is 4.84. The first-order valence-electron chi connectivity index (χ1n) is 4.84. The largest absolute Gasteiger partial charge is 0.337 e. The fraction of sp³-hybridized carbons (Fsp3) is 0.889. The standard InChI is InChI=1S/C9H17N3O/c1-6-7-8(13)11-9(2,3)12(7)5-4-10-6/h6-7,10H,4-5H2,1-3H3,(H,11,13)/t6-,7+/m0/s1. The van der Waals surface area contributed by atoms with Crippen LogP contribution < -0.4 is 10.6 Å². The minimum atomic E-state index is -0.169. The van der Waals surface area contributed by atoms with Gasteiger partial charge in [0, 0.05) is 19.1 Å². The van der Waals surface area contributed by atoms with Gasteiger partial charge < -0.3 is 10.6 Å². The fourth-order valence-corrected chi connectivity index (χ4v) is 2.38. The van der Waals surface area contributed by atoms with Crippen LogP contribution in [0, 0.1) is 0 Å². The summed E-state index contributed by atoms with van der Waals surface area (Å²) in [6, 6.07) is 0.277. The Labute approximate surface area is 78.7 Å². The van der Waals surface area contributed by atoms with Crippen LogP contribution in [0.4, 0.5) is 0 Å². The third-order valence-electron chi connectivity index (χ3n) is 3.04. The highest BCUT2D eigenvalue weighted by molar-refractivity contribution is 5.85. The van der Waals surface area contributed by atoms with Crippen LogP contribution in [0.3, 0.4) is 0 Å². The summed E-state index contributed by atoms with van der Waals surface area (Å²) in [6.45, 7) is 8.10. The summed E-state index contributed by atoms with van der Waals surface area (Å²) in [5.41, 5.74) is -0.169. The van der Waals surface area contributed by atoms with E-state index in [0.29, 0.717) is 0 Å². The van der Waals surface area contributed by atoms with E-state index in [1.165, 1.54) is 0 Å². The smallest absolute Gasteiger partial charge is 0.240 e. The molecule has 13 heavy (non-hydrogen) atoms. The lowest BCUT2D eigenvalue weighted by molar-refractivity contribution is -0.122. The quantitative estimate of drug-likeness (QED) is 0.533. The number of fused-ring (bicyclic) bond motifs is 1. The molecular formula is C9H17N3O. The Kier molecular flexibility index (Phi) is 1.85. The van der Waals surface area contributed by atoms with Crippen molar-refractivity contribution in [2.75, 3.05) is 13.1 Å². The van der Waals surface area contributed by atoms with Crippen molar-refractivity contribution in [3.05, 3.63) is 0 Å². The van der Waals surface area contributed by atoms with Gasteiger partial charge in [0.1, 0.15) is 6.04 Å². The molecule has 0 spiro atoms. The molecule has 4 nitrogen and oxygen atoms in total. The summed E-state index contributed by atoms with van der Waals surface area (Å²) in [7, 11) is 0. The number of nitrogens with zero attached hydrogens (tertiary/aromatic N) is 1. The van der Waals surface area contributed by atoms with Gasteiger partial charge in [-0.25, -0.2) is 0 Å². The number of hydrogen-bond acceptors (Lipinski definition) is 3. The molecule has 2 rings (SSSR count). The number of carbonyl (C=O) groups excluding carboxylic acids is 1. The Hall–Kier alpha value is -0.610. The minimum Gasteiger partial charge on any atom is -0.337 e. The molecule has 4 heteroatoms. The second kappa shape index (κ2) is 2.69. The monoisotopic (exact) mass is 183 g/mol. The van der Waals surface area contributed by atoms with Gasteiger partial charge in [-0.1, -0.05) is 0 Å². The van der Waals surface area contributed by atoms with Gasteiger partial charge >= 0.3 is 0 Å². The van der Waals surface area contributed by atoms with E-state index >= 15 is 0 Å². The molecule has 0 unspecified atom stereocenters. The molecule has 0 aromatic heterocycles. The van der Waals surface area contributed by atoms with E-state index in [9.17, 15) is 4.79 Å². The molecule has 2 heterocycles. The van der Waals surface area contributed by atoms with Crippen LogP contribution in [-0.2, 0) is 4.79 Å². The van der Waals surface area contributed by atoms with Crippen molar-refractivity contribution < 1.29 is 4.79 Å². The summed E-state index contributed by atoms with van der Waals surface area (Å²) in [4.78, 5) is 13.9. The molecule has 1 amide bonds. The molecular weight excluding hydrogens is 166 g/mol. The third-order valence-corrected chi connectivity index (χ3v) is 3.04. The van der Waals surface area contributed by atoms with Crippen molar-refractivity contribution >= 4 is 5.91 Å². The second-order valence-electron chi connectivity index (χ2n) is 4.43. The van der Waals surface area contributed by atoms with E-state index < -0.39 is 0 Å². The van der Waals surface area contributed by atoms with Crippen LogP contribution in [0.5, 0.6) is 0 Å². The van der Waals surface area contributed by atoms with Crippen molar-refractivity contribution in [2.24, 2.45) is 0 Å². The molecule has 0 aromatic carbocycles. The van der Waals surface area contributed by atoms with Gasteiger partial charge in [-0.2, -0.15) is 0 Å². The fourth-order valence-electron chi connectivity index (χ4n) is 2.38. The topological polar surface area (TPSA) is 44.4 Å². The normalized spacial score (nSPS) is 38.5. The highest BCUT2D eigenvalue weighted by Crippen LogP contribution is 2.25. The zero-order valence-electron chi connectivity index (χ0n) is 8.42. The number of hydrogen-bond donors (Lipinski definition) is 2. The second-order valence-corrected chi connectivity index (χ2v) is 4.43. The van der Waals surface area contributed by atoms with Crippen LogP contribution in [-0.4, -0.2) is 41.6 Å². The summed E-state index contributed by atoms with van der Waals surface area (Å²) in [6.07, 6.45) is 0. The van der Waals surface area contributed by atoms with E-state index in [-0.39, 0.29) is 23.7 Å². The molecule has 2 atom stereocenters. The highest BCUT2D eigenvalue weighted by Gasteiger charge is 2.48. The predicted octanol–water partition coefficient (Wildman–Crippen LogP) is -0.485. The summed E-state index contributed by atoms with van der Waals surface area (Å²) in [5.74, 6) is 0.157. The molecule has 74 valence electrons. The SMILES string of the molecule is C[C@@H]1NCCN2[C@H]1C(=O)NC2(C)C. The van der Waals surface area contributed by atoms with Crippen molar-refractivity contribution in [3.63, 3.8) is 0 Å². The molecule has 2 N–H and O–H groups in total. The van der Waals surface area contributed by atoms with Crippen LogP contribution in [0.1, 0.15) is 20.8 Å². The van der Waals surface area contributed by atoms with Gasteiger partial charge in [-0.3, -0.25) is 9.69 Å². The lowest BCUT2D eigenvalue weighted by Crippen LogP contribution is -2.60. The maximum atomic E-state index is 11.6. The first-order chi connectivity index (χ1) is 6.02. The number of nitrogens with one attached hydrogen (secondary N) is 2. The highest BCUT2D eigenvalue weighted by atomic mass is 16.2. The average Bonchev–Trinajstić information content (AvgIpc) is 2.24. The number of amides is 1. The average molecular weight is 183 g/mol. The zero-order chi connectivity index (χ0) is 9.64. The van der Waals surface area contributed by atoms with Crippen molar-refractivity contribution in [1.29, 1.82) is 0 Å². The Morgan fingerprint density at radius 3 is 2.85 bits per heavy atom. The Bertz CT molecular complexity index is 239. The van der Waals surface area contributed by atoms with Crippen molar-refractivity contribution in [2.45, 2.75) is 38.5 Å². The zero-order valence-corrected chi connectivity index (χ0v) is 8.42. The molecule has 2 aliphatic heterocycles. The van der Waals surface area contributed by atoms with E-state index in [1.807, 2.05) is 0 Å². The lowest BCUT2D eigenvalue weighted by Gasteiger charge is -2.39. The van der Waals surface area contributed by atoms with Crippen LogP contribution in [0.2, 0.25) is 0 Å². The molecule has 2 aliphatic rings. The van der Waals surface area contributed by atoms with Crippen LogP contribution >= 0.6 is 0 Å². The maximum Gasteiger partial charge on any atom is 0.240 e. The molecule has 0 radical (unpaired) electrons. The maximum absolute atomic E-state index is 11.6. The molecule has 2 saturated heterocycles. The summed E-state index contributed by atoms with van der Waals surface area (Å²) in [5, 5.41) is 6.33. The van der Waals surface area contributed by atoms with Crippen LogP contribution in [0.15, 0.2) is 0 Å². The van der Waals surface area contributed by atoms with Gasteiger partial charge in [0.25, 0.3) is 0 Å². The molecule has 0 saturated carbocycles. The molecule has 0 bridgehead atoms. The Morgan fingerprint density at radius 2 is 2.23 bits per heavy atom. The van der Waals surface area contributed by atoms with Crippen molar-refractivity contribution in [3.8, 4) is 0 Å². The van der Waals surface area contributed by atoms with E-state index in [2.05, 4.69) is 36.3 Å². The predicted molar refractivity (Wildman–Crippen MR) is 50.2 cm³/mol. The van der Waals surface area contributed by atoms with Gasteiger partial charge in [0.2, 0.25) is 5.91 Å². The van der Waals surface area contributed by atoms with Crippen LogP contribution in [0.25, 0.3) is 0 Å². The number of piperazine rings is 1. The van der Waals surface area contributed by atoms with Crippen molar-refractivity contribution in [1.82, 2.24) is 15.5 Å². The van der Waals surface area contributed by atoms with E-state index in [1.54, 1.807) is 0 Å². The van der Waals surface area contributed by atoms with Gasteiger partial charge in [-0.05, 0) is 20.8 Å². The lowest BCUT2D eigenvalue weighted by atomic mass is 10.1. The first kappa shape index (κ1) is 8.97. The Balaban J connectivity index is 2.26. The van der Waals surface area contributed by atoms with Gasteiger partial charge in [-0.15, -0.1) is 0 Å². The summed E-state index contributed by atoms with van der Waals surface area (Å²) >= 11 is 0. The van der Waals surface area contributed by atoms with E-state index in [4.69, 9.17) is 0 Å².